The number of hydrogen-bond acceptors (Lipinski definition) is 4. The van der Waals surface area contributed by atoms with Crippen molar-refractivity contribution in [2.45, 2.75) is 19.0 Å². The molecule has 0 radical (unpaired) electrons. The number of hydrogen-bond donors (Lipinski definition) is 0. The van der Waals surface area contributed by atoms with Crippen LogP contribution in [0.5, 0.6) is 11.5 Å². The second-order valence-corrected chi connectivity index (χ2v) is 7.29. The van der Waals surface area contributed by atoms with Gasteiger partial charge in [0.25, 0.3) is 0 Å². The minimum atomic E-state index is 0.561. The minimum absolute atomic E-state index is 0.561. The summed E-state index contributed by atoms with van der Waals surface area (Å²) < 4.78 is 8.03. The number of para-hydroxylation sites is 1. The zero-order valence-electron chi connectivity index (χ0n) is 15.8. The van der Waals surface area contributed by atoms with E-state index in [9.17, 15) is 0 Å². The van der Waals surface area contributed by atoms with Crippen LogP contribution >= 0.6 is 0 Å². The smallest absolute Gasteiger partial charge is 0.127 e. The summed E-state index contributed by atoms with van der Waals surface area (Å²) in [4.78, 5) is 6.70. The number of aromatic nitrogens is 3. The van der Waals surface area contributed by atoms with Crippen LogP contribution in [0.1, 0.15) is 6.42 Å². The fourth-order valence-electron chi connectivity index (χ4n) is 3.68. The van der Waals surface area contributed by atoms with Gasteiger partial charge in [-0.1, -0.05) is 18.2 Å². The van der Waals surface area contributed by atoms with Crippen molar-refractivity contribution in [3.8, 4) is 22.8 Å². The fourth-order valence-corrected chi connectivity index (χ4v) is 3.68. The van der Waals surface area contributed by atoms with Gasteiger partial charge in [-0.2, -0.15) is 5.10 Å². The highest BCUT2D eigenvalue weighted by Crippen LogP contribution is 2.30. The monoisotopic (exact) mass is 370 g/mol. The quantitative estimate of drug-likeness (QED) is 0.515. The standard InChI is InChI=1S/C23H22N4O/c1-26-14-12-18(26)16-27-22-11-13-24-15-21(22)23(25-27)17-7-9-20(10-8-17)28-19-5-3-2-4-6-19/h2-11,13,15,18H,12,14,16H2,1H3. The van der Waals surface area contributed by atoms with E-state index in [1.54, 1.807) is 0 Å². The maximum atomic E-state index is 5.91. The number of likely N-dealkylation sites (N-methyl/N-ethyl adjacent to an activating group) is 1. The second kappa shape index (κ2) is 7.09. The van der Waals surface area contributed by atoms with Gasteiger partial charge in [-0.15, -0.1) is 0 Å². The van der Waals surface area contributed by atoms with Gasteiger partial charge in [-0.05, 0) is 62.5 Å². The van der Waals surface area contributed by atoms with Crippen LogP contribution in [-0.2, 0) is 6.54 Å². The summed E-state index contributed by atoms with van der Waals surface area (Å²) in [5, 5.41) is 6.02. The summed E-state index contributed by atoms with van der Waals surface area (Å²) in [6.07, 6.45) is 4.97. The van der Waals surface area contributed by atoms with Gasteiger partial charge in [0, 0.05) is 29.4 Å². The van der Waals surface area contributed by atoms with Crippen molar-refractivity contribution in [2.24, 2.45) is 0 Å². The Morgan fingerprint density at radius 3 is 2.50 bits per heavy atom. The number of likely N-dealkylation sites (tertiary alicyclic amines) is 1. The molecule has 1 aliphatic heterocycles. The Hall–Kier alpha value is -3.18. The highest BCUT2D eigenvalue weighted by molar-refractivity contribution is 5.92. The number of rotatable bonds is 5. The summed E-state index contributed by atoms with van der Waals surface area (Å²) in [6.45, 7) is 2.08. The molecule has 3 heterocycles. The van der Waals surface area contributed by atoms with Crippen molar-refractivity contribution in [1.82, 2.24) is 19.7 Å². The Morgan fingerprint density at radius 2 is 1.79 bits per heavy atom. The summed E-state index contributed by atoms with van der Waals surface area (Å²) >= 11 is 0. The summed E-state index contributed by atoms with van der Waals surface area (Å²) in [5.41, 5.74) is 3.17. The van der Waals surface area contributed by atoms with E-state index in [0.29, 0.717) is 6.04 Å². The van der Waals surface area contributed by atoms with Gasteiger partial charge in [-0.3, -0.25) is 9.67 Å². The van der Waals surface area contributed by atoms with E-state index in [-0.39, 0.29) is 0 Å². The first kappa shape index (κ1) is 17.0. The van der Waals surface area contributed by atoms with Gasteiger partial charge in [0.05, 0.1) is 12.1 Å². The van der Waals surface area contributed by atoms with E-state index in [1.807, 2.05) is 54.9 Å². The Labute approximate surface area is 164 Å². The molecule has 1 fully saturated rings. The normalized spacial score (nSPS) is 16.8. The molecule has 1 saturated heterocycles. The van der Waals surface area contributed by atoms with Gasteiger partial charge in [0.2, 0.25) is 0 Å². The van der Waals surface area contributed by atoms with E-state index in [4.69, 9.17) is 9.84 Å². The molecular formula is C23H22N4O. The molecule has 0 bridgehead atoms. The summed E-state index contributed by atoms with van der Waals surface area (Å²) in [6, 6.07) is 20.5. The van der Waals surface area contributed by atoms with Crippen molar-refractivity contribution in [1.29, 1.82) is 0 Å². The number of ether oxygens (including phenoxy) is 1. The van der Waals surface area contributed by atoms with E-state index >= 15 is 0 Å². The van der Waals surface area contributed by atoms with Crippen LogP contribution in [0.3, 0.4) is 0 Å². The Balaban J connectivity index is 1.45. The minimum Gasteiger partial charge on any atom is -0.457 e. The topological polar surface area (TPSA) is 43.2 Å². The first-order valence-corrected chi connectivity index (χ1v) is 9.62. The van der Waals surface area contributed by atoms with Crippen molar-refractivity contribution in [3.63, 3.8) is 0 Å². The molecule has 0 amide bonds. The maximum absolute atomic E-state index is 5.91. The third-order valence-electron chi connectivity index (χ3n) is 5.48. The number of pyridine rings is 1. The molecule has 2 aromatic carbocycles. The Kier molecular flexibility index (Phi) is 4.29. The first-order valence-electron chi connectivity index (χ1n) is 9.62. The highest BCUT2D eigenvalue weighted by atomic mass is 16.5. The van der Waals surface area contributed by atoms with Crippen molar-refractivity contribution >= 4 is 10.9 Å². The van der Waals surface area contributed by atoms with E-state index in [1.165, 1.54) is 13.0 Å². The van der Waals surface area contributed by atoms with Crippen LogP contribution in [0, 0.1) is 0 Å². The third kappa shape index (κ3) is 3.14. The van der Waals surface area contributed by atoms with Gasteiger partial charge < -0.3 is 9.64 Å². The number of fused-ring (bicyclic) bond motifs is 1. The zero-order chi connectivity index (χ0) is 18.9. The van der Waals surface area contributed by atoms with Gasteiger partial charge in [0.1, 0.15) is 17.2 Å². The van der Waals surface area contributed by atoms with Crippen LogP contribution in [0.2, 0.25) is 0 Å². The van der Waals surface area contributed by atoms with Gasteiger partial charge in [0.15, 0.2) is 0 Å². The predicted octanol–water partition coefficient (Wildman–Crippen LogP) is 4.59. The average molecular weight is 370 g/mol. The van der Waals surface area contributed by atoms with E-state index in [0.717, 1.165) is 40.2 Å². The largest absolute Gasteiger partial charge is 0.457 e. The van der Waals surface area contributed by atoms with Crippen LogP contribution in [0.4, 0.5) is 0 Å². The zero-order valence-corrected chi connectivity index (χ0v) is 15.8. The molecule has 5 rings (SSSR count). The summed E-state index contributed by atoms with van der Waals surface area (Å²) in [5.74, 6) is 1.65. The summed E-state index contributed by atoms with van der Waals surface area (Å²) in [7, 11) is 2.17. The first-order chi connectivity index (χ1) is 13.8. The molecule has 1 unspecified atom stereocenters. The average Bonchev–Trinajstić information content (AvgIpc) is 3.11. The van der Waals surface area contributed by atoms with Crippen molar-refractivity contribution in [3.05, 3.63) is 73.1 Å². The molecule has 5 nitrogen and oxygen atoms in total. The second-order valence-electron chi connectivity index (χ2n) is 7.29. The molecule has 4 aromatic rings. The fraction of sp³-hybridized carbons (Fsp3) is 0.217. The Morgan fingerprint density at radius 1 is 1.00 bits per heavy atom. The SMILES string of the molecule is CN1CCC1Cn1nc(-c2ccc(Oc3ccccc3)cc2)c2cnccc21. The molecule has 28 heavy (non-hydrogen) atoms. The lowest BCUT2D eigenvalue weighted by Gasteiger charge is -2.37. The molecule has 1 atom stereocenters. The molecule has 2 aromatic heterocycles. The molecule has 0 N–H and O–H groups in total. The van der Waals surface area contributed by atoms with E-state index in [2.05, 4.69) is 39.8 Å². The van der Waals surface area contributed by atoms with Crippen LogP contribution in [-0.4, -0.2) is 39.3 Å². The van der Waals surface area contributed by atoms with Crippen LogP contribution in [0.25, 0.3) is 22.2 Å². The number of nitrogens with zero attached hydrogens (tertiary/aromatic N) is 4. The van der Waals surface area contributed by atoms with E-state index < -0.39 is 0 Å². The number of benzene rings is 2. The molecule has 0 saturated carbocycles. The lowest BCUT2D eigenvalue weighted by atomic mass is 10.1. The lowest BCUT2D eigenvalue weighted by molar-refractivity contribution is 0.108. The lowest BCUT2D eigenvalue weighted by Crippen LogP contribution is -2.47. The van der Waals surface area contributed by atoms with Crippen LogP contribution in [0.15, 0.2) is 73.1 Å². The molecule has 1 aliphatic rings. The molecule has 5 heteroatoms. The van der Waals surface area contributed by atoms with Crippen molar-refractivity contribution in [2.75, 3.05) is 13.6 Å². The van der Waals surface area contributed by atoms with Gasteiger partial charge in [-0.25, -0.2) is 0 Å². The van der Waals surface area contributed by atoms with Crippen molar-refractivity contribution < 1.29 is 4.74 Å². The molecular weight excluding hydrogens is 348 g/mol. The highest BCUT2D eigenvalue weighted by Gasteiger charge is 2.25. The van der Waals surface area contributed by atoms with Gasteiger partial charge >= 0.3 is 0 Å². The molecule has 140 valence electrons. The molecule has 0 spiro atoms. The molecule has 0 aliphatic carbocycles. The predicted molar refractivity (Wildman–Crippen MR) is 111 cm³/mol. The van der Waals surface area contributed by atoms with Crippen LogP contribution < -0.4 is 4.74 Å². The maximum Gasteiger partial charge on any atom is 0.127 e. The third-order valence-corrected chi connectivity index (χ3v) is 5.48. The Bertz CT molecular complexity index is 1090.